The zero-order chi connectivity index (χ0) is 18.9. The number of nitrogens with two attached hydrogens (primary N) is 1. The first kappa shape index (κ1) is 17.9. The molecule has 0 aliphatic carbocycles. The van der Waals surface area contributed by atoms with E-state index >= 15 is 0 Å². The third kappa shape index (κ3) is 3.70. The Labute approximate surface area is 152 Å². The Balaban J connectivity index is 1.92. The molecule has 1 unspecified atom stereocenters. The molecule has 0 saturated heterocycles. The summed E-state index contributed by atoms with van der Waals surface area (Å²) in [5, 5.41) is 16.6. The van der Waals surface area contributed by atoms with Gasteiger partial charge in [0.1, 0.15) is 0 Å². The van der Waals surface area contributed by atoms with Gasteiger partial charge in [-0.05, 0) is 32.4 Å². The highest BCUT2D eigenvalue weighted by Crippen LogP contribution is 2.23. The first-order valence-electron chi connectivity index (χ1n) is 8.51. The molecule has 0 radical (unpaired) electrons. The van der Waals surface area contributed by atoms with Crippen LogP contribution in [0.2, 0.25) is 0 Å². The van der Waals surface area contributed by atoms with Crippen molar-refractivity contribution in [3.8, 4) is 0 Å². The van der Waals surface area contributed by atoms with Gasteiger partial charge in [-0.1, -0.05) is 18.2 Å². The highest BCUT2D eigenvalue weighted by atomic mass is 16.3. The Morgan fingerprint density at radius 3 is 2.69 bits per heavy atom. The van der Waals surface area contributed by atoms with Crippen LogP contribution in [0.4, 0.5) is 17.5 Å². The molecule has 8 heteroatoms. The van der Waals surface area contributed by atoms with Crippen LogP contribution in [-0.2, 0) is 13.6 Å². The molecule has 1 aromatic carbocycles. The molecule has 3 rings (SSSR count). The van der Waals surface area contributed by atoms with Crippen molar-refractivity contribution in [2.24, 2.45) is 7.05 Å². The van der Waals surface area contributed by atoms with Crippen LogP contribution in [0.25, 0.3) is 11.2 Å². The number of aliphatic hydroxyl groups is 1. The van der Waals surface area contributed by atoms with Crippen LogP contribution in [0.5, 0.6) is 0 Å². The second-order valence-electron chi connectivity index (χ2n) is 7.00. The number of hydrogen-bond donors (Lipinski definition) is 4. The van der Waals surface area contributed by atoms with E-state index in [1.165, 1.54) is 0 Å². The van der Waals surface area contributed by atoms with Crippen LogP contribution in [0, 0.1) is 0 Å². The van der Waals surface area contributed by atoms with E-state index in [1.807, 2.05) is 42.8 Å². The normalized spacial score (nSPS) is 13.0. The zero-order valence-electron chi connectivity index (χ0n) is 15.5. The molecule has 2 heterocycles. The largest absolute Gasteiger partial charge is 0.398 e. The monoisotopic (exact) mass is 355 g/mol. The summed E-state index contributed by atoms with van der Waals surface area (Å²) in [7, 11) is 1.88. The van der Waals surface area contributed by atoms with Crippen LogP contribution in [0.15, 0.2) is 30.6 Å². The summed E-state index contributed by atoms with van der Waals surface area (Å²) in [5.74, 6) is 1.04. The Bertz CT molecular complexity index is 914. The molecular formula is C18H25N7O. The number of nitrogens with zero attached hydrogens (tertiary/aromatic N) is 4. The Kier molecular flexibility index (Phi) is 4.69. The summed E-state index contributed by atoms with van der Waals surface area (Å²) >= 11 is 0. The molecule has 138 valence electrons. The molecule has 0 aliphatic heterocycles. The van der Waals surface area contributed by atoms with Gasteiger partial charge in [0, 0.05) is 19.3 Å². The minimum absolute atomic E-state index is 0.231. The number of aryl methyl sites for hydroxylation is 1. The van der Waals surface area contributed by atoms with Gasteiger partial charge >= 0.3 is 0 Å². The molecule has 26 heavy (non-hydrogen) atoms. The van der Waals surface area contributed by atoms with Crippen molar-refractivity contribution in [1.29, 1.82) is 0 Å². The van der Waals surface area contributed by atoms with E-state index in [-0.39, 0.29) is 6.04 Å². The number of benzene rings is 1. The van der Waals surface area contributed by atoms with E-state index in [4.69, 9.17) is 5.73 Å². The first-order valence-corrected chi connectivity index (χ1v) is 8.51. The summed E-state index contributed by atoms with van der Waals surface area (Å²) in [6, 6.07) is 7.45. The number of anilines is 3. The molecule has 3 aromatic rings. The van der Waals surface area contributed by atoms with E-state index in [2.05, 4.69) is 25.6 Å². The minimum Gasteiger partial charge on any atom is -0.398 e. The second kappa shape index (κ2) is 6.80. The van der Waals surface area contributed by atoms with Crippen LogP contribution in [0.3, 0.4) is 0 Å². The van der Waals surface area contributed by atoms with Gasteiger partial charge in [0.15, 0.2) is 17.0 Å². The predicted octanol–water partition coefficient (Wildman–Crippen LogP) is 2.13. The molecule has 5 N–H and O–H groups in total. The fourth-order valence-electron chi connectivity index (χ4n) is 2.44. The molecular weight excluding hydrogens is 330 g/mol. The lowest BCUT2D eigenvalue weighted by Gasteiger charge is -2.26. The molecule has 0 aliphatic rings. The smallest absolute Gasteiger partial charge is 0.227 e. The summed E-state index contributed by atoms with van der Waals surface area (Å²) < 4.78 is 1.83. The van der Waals surface area contributed by atoms with Crippen molar-refractivity contribution in [3.63, 3.8) is 0 Å². The number of rotatable bonds is 6. The molecule has 0 amide bonds. The van der Waals surface area contributed by atoms with Crippen LogP contribution in [0.1, 0.15) is 26.3 Å². The predicted molar refractivity (Wildman–Crippen MR) is 104 cm³/mol. The molecule has 0 spiro atoms. The van der Waals surface area contributed by atoms with E-state index in [0.29, 0.717) is 29.5 Å². The molecule has 1 atom stereocenters. The van der Waals surface area contributed by atoms with Crippen molar-refractivity contribution in [2.45, 2.75) is 39.0 Å². The highest BCUT2D eigenvalue weighted by molar-refractivity contribution is 5.84. The summed E-state index contributed by atoms with van der Waals surface area (Å²) in [5.41, 5.74) is 8.20. The van der Waals surface area contributed by atoms with Crippen LogP contribution in [-0.4, -0.2) is 36.3 Å². The second-order valence-corrected chi connectivity index (χ2v) is 7.00. The fourth-order valence-corrected chi connectivity index (χ4v) is 2.44. The summed E-state index contributed by atoms with van der Waals surface area (Å²) in [6.45, 7) is 5.89. The number of nitrogen functional groups attached to an aromatic ring is 1. The third-order valence-corrected chi connectivity index (χ3v) is 4.47. The van der Waals surface area contributed by atoms with E-state index in [9.17, 15) is 5.11 Å². The number of nitrogens with one attached hydrogen (secondary N) is 2. The van der Waals surface area contributed by atoms with Gasteiger partial charge < -0.3 is 26.0 Å². The van der Waals surface area contributed by atoms with Gasteiger partial charge in [-0.15, -0.1) is 0 Å². The van der Waals surface area contributed by atoms with Gasteiger partial charge in [0.05, 0.1) is 18.0 Å². The average molecular weight is 355 g/mol. The fraction of sp³-hybridized carbons (Fsp3) is 0.389. The Hall–Kier alpha value is -2.87. The lowest BCUT2D eigenvalue weighted by molar-refractivity contribution is 0.0646. The lowest BCUT2D eigenvalue weighted by Crippen LogP contribution is -2.39. The van der Waals surface area contributed by atoms with Crippen LogP contribution >= 0.6 is 0 Å². The molecule has 2 aromatic heterocycles. The Morgan fingerprint density at radius 1 is 1.27 bits per heavy atom. The molecule has 0 bridgehead atoms. The van der Waals surface area contributed by atoms with Crippen molar-refractivity contribution in [1.82, 2.24) is 19.5 Å². The van der Waals surface area contributed by atoms with Crippen molar-refractivity contribution in [3.05, 3.63) is 36.2 Å². The Morgan fingerprint density at radius 2 is 2.00 bits per heavy atom. The minimum atomic E-state index is -0.906. The topological polar surface area (TPSA) is 114 Å². The first-order chi connectivity index (χ1) is 12.3. The maximum absolute atomic E-state index is 10.2. The van der Waals surface area contributed by atoms with Gasteiger partial charge in [0.25, 0.3) is 0 Å². The van der Waals surface area contributed by atoms with Gasteiger partial charge in [-0.25, -0.2) is 4.98 Å². The van der Waals surface area contributed by atoms with Gasteiger partial charge in [-0.3, -0.25) is 0 Å². The molecule has 8 nitrogen and oxygen atoms in total. The van der Waals surface area contributed by atoms with E-state index < -0.39 is 5.60 Å². The highest BCUT2D eigenvalue weighted by Gasteiger charge is 2.23. The van der Waals surface area contributed by atoms with Gasteiger partial charge in [-0.2, -0.15) is 9.97 Å². The number of para-hydroxylation sites is 1. The van der Waals surface area contributed by atoms with Crippen molar-refractivity contribution < 1.29 is 5.11 Å². The van der Waals surface area contributed by atoms with E-state index in [0.717, 1.165) is 11.3 Å². The average Bonchev–Trinajstić information content (AvgIpc) is 2.94. The number of imidazole rings is 1. The molecule has 0 saturated carbocycles. The van der Waals surface area contributed by atoms with Crippen molar-refractivity contribution in [2.75, 3.05) is 16.4 Å². The summed E-state index contributed by atoms with van der Waals surface area (Å²) in [4.78, 5) is 13.5. The molecule has 0 fully saturated rings. The number of hydrogen-bond acceptors (Lipinski definition) is 7. The zero-order valence-corrected chi connectivity index (χ0v) is 15.5. The maximum Gasteiger partial charge on any atom is 0.227 e. The lowest BCUT2D eigenvalue weighted by atomic mass is 10.0. The summed E-state index contributed by atoms with van der Waals surface area (Å²) in [6.07, 6.45) is 1.70. The quantitative estimate of drug-likeness (QED) is 0.501. The van der Waals surface area contributed by atoms with E-state index in [1.54, 1.807) is 20.2 Å². The number of fused-ring (bicyclic) bond motifs is 1. The standard InChI is InChI=1S/C18H25N7O/c1-11(18(2,3)26)22-17-23-15(14-16(24-17)25(4)10-21-14)20-9-12-7-5-6-8-13(12)19/h5-8,10-11,26H,9,19H2,1-4H3,(H2,20,22,23,24). The van der Waals surface area contributed by atoms with Gasteiger partial charge in [0.2, 0.25) is 5.95 Å². The number of aromatic nitrogens is 4. The van der Waals surface area contributed by atoms with Crippen molar-refractivity contribution >= 4 is 28.6 Å². The third-order valence-electron chi connectivity index (χ3n) is 4.47. The SMILES string of the molecule is CC(Nc1nc(NCc2ccccc2N)c2ncn(C)c2n1)C(C)(C)O. The van der Waals surface area contributed by atoms with Crippen LogP contribution < -0.4 is 16.4 Å². The maximum atomic E-state index is 10.2.